The molecule has 0 aliphatic rings. The first-order valence-electron chi connectivity index (χ1n) is 13.4. The van der Waals surface area contributed by atoms with Crippen LogP contribution in [0.25, 0.3) is 75.1 Å². The zero-order valence-electron chi connectivity index (χ0n) is 21.3. The van der Waals surface area contributed by atoms with Gasteiger partial charge in [-0.2, -0.15) is 0 Å². The maximum atomic E-state index is 2.39. The van der Waals surface area contributed by atoms with E-state index in [4.69, 9.17) is 0 Å². The van der Waals surface area contributed by atoms with Crippen molar-refractivity contribution in [2.24, 2.45) is 0 Å². The molecule has 0 nitrogen and oxygen atoms in total. The van der Waals surface area contributed by atoms with E-state index in [2.05, 4.69) is 146 Å². The van der Waals surface area contributed by atoms with Gasteiger partial charge >= 0.3 is 0 Å². The van der Waals surface area contributed by atoms with Gasteiger partial charge in [0, 0.05) is 20.2 Å². The predicted octanol–water partition coefficient (Wildman–Crippen LogP) is 11.4. The number of hydrogen-bond acceptors (Lipinski definition) is 1. The topological polar surface area (TPSA) is 0 Å². The van der Waals surface area contributed by atoms with Crippen molar-refractivity contribution < 1.29 is 0 Å². The van der Waals surface area contributed by atoms with Gasteiger partial charge in [0.05, 0.1) is 0 Å². The van der Waals surface area contributed by atoms with Crippen molar-refractivity contribution >= 4 is 53.1 Å². The Morgan fingerprint density at radius 3 is 1.51 bits per heavy atom. The minimum atomic E-state index is 1.24. The molecule has 8 aromatic rings. The summed E-state index contributed by atoms with van der Waals surface area (Å²) in [4.78, 5) is 0. The third-order valence-electron chi connectivity index (χ3n) is 7.88. The van der Waals surface area contributed by atoms with E-state index >= 15 is 0 Å². The summed E-state index contributed by atoms with van der Waals surface area (Å²) in [6.07, 6.45) is 0. The van der Waals surface area contributed by atoms with Gasteiger partial charge in [-0.05, 0) is 67.1 Å². The van der Waals surface area contributed by atoms with Gasteiger partial charge in [-0.25, -0.2) is 0 Å². The molecule has 8 rings (SSSR count). The fourth-order valence-corrected chi connectivity index (χ4v) is 7.33. The fourth-order valence-electron chi connectivity index (χ4n) is 6.18. The van der Waals surface area contributed by atoms with E-state index in [1.165, 1.54) is 75.1 Å². The molecule has 0 atom stereocenters. The van der Waals surface area contributed by atoms with Gasteiger partial charge in [0.1, 0.15) is 0 Å². The molecule has 0 saturated heterocycles. The van der Waals surface area contributed by atoms with E-state index in [-0.39, 0.29) is 0 Å². The van der Waals surface area contributed by atoms with Gasteiger partial charge in [-0.1, -0.05) is 133 Å². The van der Waals surface area contributed by atoms with E-state index in [1.54, 1.807) is 0 Å². The van der Waals surface area contributed by atoms with E-state index in [9.17, 15) is 0 Å². The summed E-state index contributed by atoms with van der Waals surface area (Å²) in [5, 5.41) is 7.81. The third kappa shape index (κ3) is 3.51. The normalized spacial score (nSPS) is 11.6. The van der Waals surface area contributed by atoms with Gasteiger partial charge in [0.2, 0.25) is 0 Å². The van der Waals surface area contributed by atoms with Gasteiger partial charge in [0.15, 0.2) is 0 Å². The summed E-state index contributed by atoms with van der Waals surface area (Å²) in [5.41, 5.74) is 7.63. The van der Waals surface area contributed by atoms with Crippen LogP contribution < -0.4 is 0 Å². The summed E-state index contributed by atoms with van der Waals surface area (Å²) in [5.74, 6) is 0. The molecule has 7 aromatic carbocycles. The second-order valence-corrected chi connectivity index (χ2v) is 11.1. The molecule has 1 heterocycles. The highest BCUT2D eigenvalue weighted by Gasteiger charge is 2.19. The Morgan fingerprint density at radius 2 is 0.821 bits per heavy atom. The molecule has 0 fully saturated rings. The molecular formula is C38H24S. The lowest BCUT2D eigenvalue weighted by Crippen LogP contribution is -1.92. The van der Waals surface area contributed by atoms with E-state index in [0.717, 1.165) is 0 Å². The average Bonchev–Trinajstić information content (AvgIpc) is 3.38. The quantitative estimate of drug-likeness (QED) is 0.207. The molecule has 39 heavy (non-hydrogen) atoms. The van der Waals surface area contributed by atoms with Crippen LogP contribution in [-0.4, -0.2) is 0 Å². The van der Waals surface area contributed by atoms with Crippen molar-refractivity contribution in [2.45, 2.75) is 0 Å². The van der Waals surface area contributed by atoms with Crippen LogP contribution in [0.2, 0.25) is 0 Å². The fraction of sp³-hybridized carbons (Fsp3) is 0. The second kappa shape index (κ2) is 8.94. The van der Waals surface area contributed by atoms with Crippen molar-refractivity contribution in [1.29, 1.82) is 0 Å². The van der Waals surface area contributed by atoms with Crippen LogP contribution in [0.15, 0.2) is 146 Å². The van der Waals surface area contributed by atoms with Crippen molar-refractivity contribution in [2.75, 3.05) is 0 Å². The lowest BCUT2D eigenvalue weighted by molar-refractivity contribution is 1.61. The Morgan fingerprint density at radius 1 is 0.308 bits per heavy atom. The molecule has 0 amide bonds. The highest BCUT2D eigenvalue weighted by molar-refractivity contribution is 7.25. The Bertz CT molecular complexity index is 2110. The summed E-state index contributed by atoms with van der Waals surface area (Å²) < 4.78 is 2.67. The Kier molecular flexibility index (Phi) is 5.11. The lowest BCUT2D eigenvalue weighted by Gasteiger charge is -2.19. The second-order valence-electron chi connectivity index (χ2n) is 10.1. The molecule has 0 spiro atoms. The van der Waals surface area contributed by atoms with E-state index in [1.807, 2.05) is 11.3 Å². The first kappa shape index (κ1) is 22.3. The first-order chi connectivity index (χ1) is 19.4. The molecule has 0 saturated carbocycles. The van der Waals surface area contributed by atoms with Crippen LogP contribution in [0, 0.1) is 0 Å². The van der Waals surface area contributed by atoms with Crippen molar-refractivity contribution in [3.63, 3.8) is 0 Å². The van der Waals surface area contributed by atoms with E-state index in [0.29, 0.717) is 0 Å². The van der Waals surface area contributed by atoms with Crippen LogP contribution in [0.3, 0.4) is 0 Å². The third-order valence-corrected chi connectivity index (χ3v) is 9.01. The number of thiophene rings is 1. The molecule has 182 valence electrons. The lowest BCUT2D eigenvalue weighted by atomic mass is 9.84. The van der Waals surface area contributed by atoms with Crippen LogP contribution in [0.5, 0.6) is 0 Å². The Labute approximate surface area is 231 Å². The van der Waals surface area contributed by atoms with Gasteiger partial charge in [0.25, 0.3) is 0 Å². The smallest absolute Gasteiger partial charge is 0.0361 e. The average molecular weight is 513 g/mol. The summed E-state index contributed by atoms with van der Waals surface area (Å²) in [6.45, 7) is 0. The number of rotatable bonds is 3. The van der Waals surface area contributed by atoms with Crippen molar-refractivity contribution in [3.8, 4) is 33.4 Å². The Hall–Kier alpha value is -4.72. The highest BCUT2D eigenvalue weighted by Crippen LogP contribution is 2.47. The molecule has 0 radical (unpaired) electrons. The molecule has 0 aliphatic carbocycles. The SMILES string of the molecule is c1ccc(-c2ccccc2-c2c3ccccc3c(-c3ccc4c(c3)sc3ccccc34)c3ccccc23)cc1. The molecule has 0 unspecified atom stereocenters. The zero-order valence-corrected chi connectivity index (χ0v) is 22.1. The van der Waals surface area contributed by atoms with Crippen LogP contribution in [0.4, 0.5) is 0 Å². The minimum absolute atomic E-state index is 1.24. The van der Waals surface area contributed by atoms with Gasteiger partial charge in [-0.3, -0.25) is 0 Å². The summed E-state index contributed by atoms with van der Waals surface area (Å²) in [6, 6.07) is 53.2. The number of fused-ring (bicyclic) bond motifs is 5. The maximum Gasteiger partial charge on any atom is 0.0361 e. The standard InChI is InChI=1S/C38H24S/c1-2-12-25(13-3-1)27-14-4-5-16-30(27)38-33-19-8-6-17-31(33)37(32-18-7-9-20-34(32)38)26-22-23-29-28-15-10-11-21-35(28)39-36(29)24-26/h1-24H. The maximum absolute atomic E-state index is 2.39. The number of benzene rings is 7. The van der Waals surface area contributed by atoms with Crippen LogP contribution in [-0.2, 0) is 0 Å². The van der Waals surface area contributed by atoms with Crippen molar-refractivity contribution in [1.82, 2.24) is 0 Å². The molecule has 0 N–H and O–H groups in total. The first-order valence-corrected chi connectivity index (χ1v) is 14.2. The Balaban J connectivity index is 1.47. The summed E-state index contributed by atoms with van der Waals surface area (Å²) >= 11 is 1.88. The zero-order chi connectivity index (χ0) is 25.8. The number of hydrogen-bond donors (Lipinski definition) is 0. The van der Waals surface area contributed by atoms with Crippen LogP contribution >= 0.6 is 11.3 Å². The monoisotopic (exact) mass is 512 g/mol. The molecule has 0 aliphatic heterocycles. The van der Waals surface area contributed by atoms with Crippen LogP contribution in [0.1, 0.15) is 0 Å². The molecular weight excluding hydrogens is 488 g/mol. The van der Waals surface area contributed by atoms with Crippen molar-refractivity contribution in [3.05, 3.63) is 146 Å². The highest BCUT2D eigenvalue weighted by atomic mass is 32.1. The molecule has 0 bridgehead atoms. The van der Waals surface area contributed by atoms with E-state index < -0.39 is 0 Å². The largest absolute Gasteiger partial charge is 0.135 e. The molecule has 1 heteroatoms. The predicted molar refractivity (Wildman–Crippen MR) is 171 cm³/mol. The van der Waals surface area contributed by atoms with Gasteiger partial charge in [-0.15, -0.1) is 11.3 Å². The van der Waals surface area contributed by atoms with Gasteiger partial charge < -0.3 is 0 Å². The molecule has 1 aromatic heterocycles. The minimum Gasteiger partial charge on any atom is -0.135 e. The summed E-state index contributed by atoms with van der Waals surface area (Å²) in [7, 11) is 0.